The van der Waals surface area contributed by atoms with E-state index in [0.717, 1.165) is 44.8 Å². The maximum Gasteiger partial charge on any atom is 0.278 e. The average molecular weight is 317 g/mol. The van der Waals surface area contributed by atoms with Gasteiger partial charge < -0.3 is 9.80 Å². The number of unbranched alkanes of at least 4 members (excludes halogenated alkanes) is 2. The minimum absolute atomic E-state index is 0.0862. The van der Waals surface area contributed by atoms with Gasteiger partial charge in [-0.15, -0.1) is 0 Å². The molecule has 126 valence electrons. The zero-order valence-corrected chi connectivity index (χ0v) is 15.5. The fourth-order valence-corrected chi connectivity index (χ4v) is 2.80. The highest BCUT2D eigenvalue weighted by atomic mass is 32.1. The van der Waals surface area contributed by atoms with Crippen molar-refractivity contribution in [3.8, 4) is 0 Å². The van der Waals surface area contributed by atoms with Gasteiger partial charge in [0.05, 0.1) is 0 Å². The molecule has 0 heterocycles. The summed E-state index contributed by atoms with van der Waals surface area (Å²) in [7, 11) is 4.38. The van der Waals surface area contributed by atoms with Crippen molar-refractivity contribution in [1.29, 1.82) is 0 Å². The van der Waals surface area contributed by atoms with Crippen LogP contribution in [0.2, 0.25) is 0 Å². The molecule has 0 bridgehead atoms. The van der Waals surface area contributed by atoms with Gasteiger partial charge in [0.15, 0.2) is 0 Å². The fourth-order valence-electron chi connectivity index (χ4n) is 2.60. The van der Waals surface area contributed by atoms with Crippen LogP contribution in [0, 0.1) is 0 Å². The van der Waals surface area contributed by atoms with E-state index in [1.54, 1.807) is 0 Å². The molecule has 3 nitrogen and oxygen atoms in total. The summed E-state index contributed by atoms with van der Waals surface area (Å²) in [5.41, 5.74) is 0. The molecule has 0 spiro atoms. The topological polar surface area (TPSA) is 23.6 Å². The van der Waals surface area contributed by atoms with Crippen molar-refractivity contribution in [2.45, 2.75) is 77.7 Å². The summed E-state index contributed by atoms with van der Waals surface area (Å²) in [5, 5.41) is -0.0862. The van der Waals surface area contributed by atoms with Crippen LogP contribution in [-0.2, 0) is 0 Å². The van der Waals surface area contributed by atoms with Crippen LogP contribution in [0.3, 0.4) is 0 Å². The minimum atomic E-state index is -0.0862. The molecule has 1 fully saturated rings. The second kappa shape index (κ2) is 13.4. The quantitative estimate of drug-likeness (QED) is 0.681. The lowest BCUT2D eigenvalue weighted by Crippen LogP contribution is -2.29. The third kappa shape index (κ3) is 11.1. The molecule has 0 aromatic carbocycles. The second-order valence-electron chi connectivity index (χ2n) is 6.23. The SMILES string of the molecule is CCCCN(CCCC)C(=O)S.CN(C)C1CCCCC1. The fraction of sp³-hybridized carbons (Fsp3) is 0.941. The number of thiol groups is 1. The Morgan fingerprint density at radius 2 is 1.48 bits per heavy atom. The van der Waals surface area contributed by atoms with Crippen LogP contribution in [0.1, 0.15) is 71.6 Å². The van der Waals surface area contributed by atoms with Crippen LogP contribution in [-0.4, -0.2) is 48.3 Å². The van der Waals surface area contributed by atoms with Gasteiger partial charge in [0.2, 0.25) is 0 Å². The number of nitrogens with zero attached hydrogens (tertiary/aromatic N) is 2. The molecule has 0 aromatic rings. The molecule has 1 aliphatic rings. The van der Waals surface area contributed by atoms with Crippen LogP contribution in [0.4, 0.5) is 4.79 Å². The Bertz CT molecular complexity index is 245. The number of hydrogen-bond acceptors (Lipinski definition) is 2. The van der Waals surface area contributed by atoms with Gasteiger partial charge in [-0.05, 0) is 39.8 Å². The molecule has 1 saturated carbocycles. The van der Waals surface area contributed by atoms with Gasteiger partial charge >= 0.3 is 0 Å². The Hall–Kier alpha value is -0.220. The first-order chi connectivity index (χ1) is 10.0. The summed E-state index contributed by atoms with van der Waals surface area (Å²) in [5.74, 6) is 0. The lowest BCUT2D eigenvalue weighted by molar-refractivity contribution is 0.221. The third-order valence-electron chi connectivity index (χ3n) is 4.14. The van der Waals surface area contributed by atoms with Crippen LogP contribution < -0.4 is 0 Å². The number of amides is 1. The van der Waals surface area contributed by atoms with Crippen LogP contribution >= 0.6 is 12.6 Å². The van der Waals surface area contributed by atoms with Crippen molar-refractivity contribution in [3.63, 3.8) is 0 Å². The third-order valence-corrected chi connectivity index (χ3v) is 4.42. The molecular formula is C17H36N2OS. The lowest BCUT2D eigenvalue weighted by atomic mass is 9.95. The van der Waals surface area contributed by atoms with E-state index < -0.39 is 0 Å². The van der Waals surface area contributed by atoms with E-state index in [-0.39, 0.29) is 5.24 Å². The molecule has 1 amide bonds. The number of carbonyl (C=O) groups excluding carboxylic acids is 1. The molecule has 1 aliphatic carbocycles. The largest absolute Gasteiger partial charge is 0.334 e. The normalized spacial score (nSPS) is 15.5. The Labute approximate surface area is 137 Å². The first-order valence-electron chi connectivity index (χ1n) is 8.67. The highest BCUT2D eigenvalue weighted by Gasteiger charge is 2.13. The summed E-state index contributed by atoms with van der Waals surface area (Å²) in [6, 6.07) is 0.888. The smallest absolute Gasteiger partial charge is 0.278 e. The Kier molecular flexibility index (Phi) is 13.3. The zero-order chi connectivity index (χ0) is 16.1. The molecule has 0 unspecified atom stereocenters. The highest BCUT2D eigenvalue weighted by Crippen LogP contribution is 2.20. The van der Waals surface area contributed by atoms with Crippen LogP contribution in [0.25, 0.3) is 0 Å². The van der Waals surface area contributed by atoms with Gasteiger partial charge in [-0.2, -0.15) is 0 Å². The van der Waals surface area contributed by atoms with Crippen molar-refractivity contribution >= 4 is 17.9 Å². The van der Waals surface area contributed by atoms with Crippen molar-refractivity contribution in [3.05, 3.63) is 0 Å². The second-order valence-corrected chi connectivity index (χ2v) is 6.61. The molecule has 0 aliphatic heterocycles. The predicted molar refractivity (Wildman–Crippen MR) is 96.3 cm³/mol. The van der Waals surface area contributed by atoms with Gasteiger partial charge in [0.1, 0.15) is 0 Å². The molecule has 4 heteroatoms. The number of rotatable bonds is 7. The van der Waals surface area contributed by atoms with Crippen LogP contribution in [0.5, 0.6) is 0 Å². The summed E-state index contributed by atoms with van der Waals surface area (Å²) < 4.78 is 0. The van der Waals surface area contributed by atoms with Gasteiger partial charge in [0, 0.05) is 19.1 Å². The van der Waals surface area contributed by atoms with Crippen molar-refractivity contribution in [1.82, 2.24) is 9.80 Å². The first-order valence-corrected chi connectivity index (χ1v) is 9.11. The zero-order valence-electron chi connectivity index (χ0n) is 14.6. The summed E-state index contributed by atoms with van der Waals surface area (Å²) >= 11 is 3.83. The Morgan fingerprint density at radius 1 is 1.00 bits per heavy atom. The van der Waals surface area contributed by atoms with Crippen molar-refractivity contribution in [2.75, 3.05) is 27.2 Å². The number of carbonyl (C=O) groups is 1. The van der Waals surface area contributed by atoms with E-state index in [4.69, 9.17) is 0 Å². The summed E-state index contributed by atoms with van der Waals surface area (Å²) in [6.45, 7) is 5.97. The van der Waals surface area contributed by atoms with Gasteiger partial charge in [0.25, 0.3) is 5.24 Å². The standard InChI is InChI=1S/C9H19NOS.C8H17N/c1-3-5-7-10(9(11)12)8-6-4-2;1-9(2)8-6-4-3-5-7-8/h3-8H2,1-2H3,(H,11,12);8H,3-7H2,1-2H3. The van der Waals surface area contributed by atoms with Crippen LogP contribution in [0.15, 0.2) is 0 Å². The molecule has 0 saturated heterocycles. The van der Waals surface area contributed by atoms with Gasteiger partial charge in [-0.25, -0.2) is 0 Å². The predicted octanol–water partition coefficient (Wildman–Crippen LogP) is 4.82. The Morgan fingerprint density at radius 3 is 1.76 bits per heavy atom. The van der Waals surface area contributed by atoms with Gasteiger partial charge in [-0.1, -0.05) is 58.6 Å². The van der Waals surface area contributed by atoms with E-state index in [0.29, 0.717) is 0 Å². The number of hydrogen-bond donors (Lipinski definition) is 1. The van der Waals surface area contributed by atoms with Gasteiger partial charge in [-0.3, -0.25) is 4.79 Å². The maximum atomic E-state index is 10.9. The maximum absolute atomic E-state index is 10.9. The van der Waals surface area contributed by atoms with E-state index in [1.807, 2.05) is 4.90 Å². The van der Waals surface area contributed by atoms with Crippen molar-refractivity contribution < 1.29 is 4.79 Å². The average Bonchev–Trinajstić information content (AvgIpc) is 2.48. The van der Waals surface area contributed by atoms with E-state index in [9.17, 15) is 4.79 Å². The summed E-state index contributed by atoms with van der Waals surface area (Å²) in [4.78, 5) is 15.1. The van der Waals surface area contributed by atoms with E-state index >= 15 is 0 Å². The molecule has 1 rings (SSSR count). The lowest BCUT2D eigenvalue weighted by Gasteiger charge is -2.27. The van der Waals surface area contributed by atoms with E-state index in [2.05, 4.69) is 45.5 Å². The summed E-state index contributed by atoms with van der Waals surface area (Å²) in [6.07, 6.45) is 11.6. The monoisotopic (exact) mass is 316 g/mol. The Balaban J connectivity index is 0.000000394. The van der Waals surface area contributed by atoms with Crippen molar-refractivity contribution in [2.24, 2.45) is 0 Å². The molecule has 21 heavy (non-hydrogen) atoms. The molecular weight excluding hydrogens is 280 g/mol. The molecule has 0 N–H and O–H groups in total. The minimum Gasteiger partial charge on any atom is -0.334 e. The molecule has 0 radical (unpaired) electrons. The molecule has 0 aromatic heterocycles. The molecule has 0 atom stereocenters. The first kappa shape index (κ1) is 20.8. The highest BCUT2D eigenvalue weighted by molar-refractivity contribution is 7.96. The van der Waals surface area contributed by atoms with E-state index in [1.165, 1.54) is 32.1 Å².